The number of hydrogen-bond donors (Lipinski definition) is 3. The predicted octanol–water partition coefficient (Wildman–Crippen LogP) is 1.17. The van der Waals surface area contributed by atoms with E-state index in [2.05, 4.69) is 5.32 Å². The molecular formula is C12H17NO3. The summed E-state index contributed by atoms with van der Waals surface area (Å²) in [7, 11) is 0. The molecule has 0 fully saturated rings. The van der Waals surface area contributed by atoms with Crippen molar-refractivity contribution in [1.29, 1.82) is 0 Å². The van der Waals surface area contributed by atoms with Crippen LogP contribution in [0, 0.1) is 0 Å². The Hall–Kier alpha value is -1.39. The van der Waals surface area contributed by atoms with Crippen molar-refractivity contribution in [3.05, 3.63) is 35.9 Å². The van der Waals surface area contributed by atoms with E-state index in [-0.39, 0.29) is 12.6 Å². The SMILES string of the molecule is C[C@@H](NCC(C)(O)C(=O)O)c1ccccc1. The molecule has 1 aromatic carbocycles. The van der Waals surface area contributed by atoms with Gasteiger partial charge in [0.05, 0.1) is 0 Å². The molecule has 0 bridgehead atoms. The van der Waals surface area contributed by atoms with Gasteiger partial charge in [-0.15, -0.1) is 0 Å². The Kier molecular flexibility index (Phi) is 4.04. The normalized spacial score (nSPS) is 16.4. The Morgan fingerprint density at radius 1 is 1.44 bits per heavy atom. The molecule has 0 heterocycles. The largest absolute Gasteiger partial charge is 0.479 e. The van der Waals surface area contributed by atoms with E-state index >= 15 is 0 Å². The molecule has 0 saturated heterocycles. The average molecular weight is 223 g/mol. The lowest BCUT2D eigenvalue weighted by molar-refractivity contribution is -0.156. The Bertz CT molecular complexity index is 349. The average Bonchev–Trinajstić information content (AvgIpc) is 2.27. The lowest BCUT2D eigenvalue weighted by Gasteiger charge is -2.22. The van der Waals surface area contributed by atoms with Gasteiger partial charge >= 0.3 is 5.97 Å². The second-order valence-electron chi connectivity index (χ2n) is 4.09. The fourth-order valence-corrected chi connectivity index (χ4v) is 1.29. The van der Waals surface area contributed by atoms with Gasteiger partial charge in [-0.05, 0) is 19.4 Å². The quantitative estimate of drug-likeness (QED) is 0.701. The van der Waals surface area contributed by atoms with Crippen LogP contribution in [0.3, 0.4) is 0 Å². The van der Waals surface area contributed by atoms with Crippen LogP contribution >= 0.6 is 0 Å². The second-order valence-corrected chi connectivity index (χ2v) is 4.09. The number of carbonyl (C=O) groups is 1. The van der Waals surface area contributed by atoms with Gasteiger partial charge in [0, 0.05) is 12.6 Å². The number of carboxylic acid groups (broad SMARTS) is 1. The van der Waals surface area contributed by atoms with E-state index in [9.17, 15) is 9.90 Å². The fraction of sp³-hybridized carbons (Fsp3) is 0.417. The van der Waals surface area contributed by atoms with Crippen molar-refractivity contribution in [2.24, 2.45) is 0 Å². The van der Waals surface area contributed by atoms with Gasteiger partial charge in [-0.1, -0.05) is 30.3 Å². The van der Waals surface area contributed by atoms with E-state index in [1.54, 1.807) is 0 Å². The molecule has 1 rings (SSSR count). The summed E-state index contributed by atoms with van der Waals surface area (Å²) in [6.45, 7) is 3.21. The Labute approximate surface area is 94.9 Å². The maximum Gasteiger partial charge on any atom is 0.336 e. The fourth-order valence-electron chi connectivity index (χ4n) is 1.29. The second kappa shape index (κ2) is 5.09. The number of aliphatic carboxylic acids is 1. The smallest absolute Gasteiger partial charge is 0.336 e. The van der Waals surface area contributed by atoms with E-state index in [0.717, 1.165) is 5.56 Å². The van der Waals surface area contributed by atoms with Crippen molar-refractivity contribution in [3.63, 3.8) is 0 Å². The highest BCUT2D eigenvalue weighted by Crippen LogP contribution is 2.12. The van der Waals surface area contributed by atoms with Gasteiger partial charge in [0.15, 0.2) is 5.60 Å². The molecule has 1 unspecified atom stereocenters. The van der Waals surface area contributed by atoms with Crippen molar-refractivity contribution >= 4 is 5.97 Å². The summed E-state index contributed by atoms with van der Waals surface area (Å²) in [5.74, 6) is -1.22. The minimum atomic E-state index is -1.73. The van der Waals surface area contributed by atoms with Gasteiger partial charge < -0.3 is 15.5 Å². The third-order valence-corrected chi connectivity index (χ3v) is 2.51. The van der Waals surface area contributed by atoms with Gasteiger partial charge in [0.1, 0.15) is 0 Å². The molecule has 0 spiro atoms. The minimum absolute atomic E-state index is 0.00650. The minimum Gasteiger partial charge on any atom is -0.479 e. The number of carboxylic acids is 1. The summed E-state index contributed by atoms with van der Waals surface area (Å²) < 4.78 is 0. The van der Waals surface area contributed by atoms with E-state index in [1.165, 1.54) is 6.92 Å². The van der Waals surface area contributed by atoms with Gasteiger partial charge in [0.2, 0.25) is 0 Å². The first-order valence-corrected chi connectivity index (χ1v) is 5.17. The van der Waals surface area contributed by atoms with Crippen molar-refractivity contribution in [3.8, 4) is 0 Å². The molecule has 0 aliphatic rings. The van der Waals surface area contributed by atoms with Crippen molar-refractivity contribution in [2.45, 2.75) is 25.5 Å². The first kappa shape index (κ1) is 12.7. The standard InChI is InChI=1S/C12H17NO3/c1-9(10-6-4-3-5-7-10)13-8-12(2,16)11(14)15/h3-7,9,13,16H,8H2,1-2H3,(H,14,15)/t9-,12?/m1/s1. The van der Waals surface area contributed by atoms with Crippen LogP contribution in [0.2, 0.25) is 0 Å². The molecule has 0 aromatic heterocycles. The summed E-state index contributed by atoms with van der Waals surface area (Å²) in [5.41, 5.74) is -0.674. The number of hydrogen-bond acceptors (Lipinski definition) is 3. The maximum atomic E-state index is 10.7. The number of aliphatic hydroxyl groups is 1. The van der Waals surface area contributed by atoms with Crippen LogP contribution in [-0.2, 0) is 4.79 Å². The predicted molar refractivity (Wildman–Crippen MR) is 61.1 cm³/mol. The maximum absolute atomic E-state index is 10.7. The molecule has 0 aliphatic carbocycles. The number of rotatable bonds is 5. The Balaban J connectivity index is 2.54. The summed E-state index contributed by atoms with van der Waals surface area (Å²) in [4.78, 5) is 10.7. The van der Waals surface area contributed by atoms with Crippen LogP contribution in [-0.4, -0.2) is 28.3 Å². The topological polar surface area (TPSA) is 69.6 Å². The van der Waals surface area contributed by atoms with Gasteiger partial charge in [0.25, 0.3) is 0 Å². The van der Waals surface area contributed by atoms with Crippen molar-refractivity contribution < 1.29 is 15.0 Å². The summed E-state index contributed by atoms with van der Waals surface area (Å²) in [5, 5.41) is 21.2. The van der Waals surface area contributed by atoms with Gasteiger partial charge in [-0.25, -0.2) is 4.79 Å². The van der Waals surface area contributed by atoms with Crippen LogP contribution in [0.4, 0.5) is 0 Å². The molecule has 1 aromatic rings. The van der Waals surface area contributed by atoms with Crippen molar-refractivity contribution in [2.75, 3.05) is 6.54 Å². The first-order valence-electron chi connectivity index (χ1n) is 5.17. The van der Waals surface area contributed by atoms with E-state index in [0.29, 0.717) is 0 Å². The van der Waals surface area contributed by atoms with E-state index < -0.39 is 11.6 Å². The van der Waals surface area contributed by atoms with Crippen molar-refractivity contribution in [1.82, 2.24) is 5.32 Å². The summed E-state index contributed by atoms with van der Waals surface area (Å²) >= 11 is 0. The Morgan fingerprint density at radius 2 is 2.00 bits per heavy atom. The molecule has 16 heavy (non-hydrogen) atoms. The lowest BCUT2D eigenvalue weighted by Crippen LogP contribution is -2.45. The third kappa shape index (κ3) is 3.32. The molecule has 2 atom stereocenters. The zero-order valence-electron chi connectivity index (χ0n) is 9.47. The van der Waals surface area contributed by atoms with Crippen LogP contribution in [0.1, 0.15) is 25.5 Å². The summed E-state index contributed by atoms with van der Waals surface area (Å²) in [6.07, 6.45) is 0. The highest BCUT2D eigenvalue weighted by atomic mass is 16.4. The van der Waals surface area contributed by atoms with E-state index in [1.807, 2.05) is 37.3 Å². The molecule has 0 aliphatic heterocycles. The number of nitrogens with one attached hydrogen (secondary N) is 1. The molecule has 4 heteroatoms. The van der Waals surface area contributed by atoms with Gasteiger partial charge in [-0.3, -0.25) is 0 Å². The van der Waals surface area contributed by atoms with E-state index in [4.69, 9.17) is 5.11 Å². The highest BCUT2D eigenvalue weighted by Gasteiger charge is 2.29. The van der Waals surface area contributed by atoms with Crippen LogP contribution < -0.4 is 5.32 Å². The molecule has 0 radical (unpaired) electrons. The molecule has 4 nitrogen and oxygen atoms in total. The van der Waals surface area contributed by atoms with Crippen LogP contribution in [0.5, 0.6) is 0 Å². The molecule has 0 saturated carbocycles. The molecule has 0 amide bonds. The number of benzene rings is 1. The molecule has 3 N–H and O–H groups in total. The summed E-state index contributed by atoms with van der Waals surface area (Å²) in [6, 6.07) is 9.67. The molecule has 88 valence electrons. The third-order valence-electron chi connectivity index (χ3n) is 2.51. The zero-order chi connectivity index (χ0) is 12.2. The first-order chi connectivity index (χ1) is 7.43. The Morgan fingerprint density at radius 3 is 2.50 bits per heavy atom. The molecular weight excluding hydrogens is 206 g/mol. The van der Waals surface area contributed by atoms with Crippen LogP contribution in [0.15, 0.2) is 30.3 Å². The highest BCUT2D eigenvalue weighted by molar-refractivity contribution is 5.76. The van der Waals surface area contributed by atoms with Crippen LogP contribution in [0.25, 0.3) is 0 Å². The zero-order valence-corrected chi connectivity index (χ0v) is 9.47. The lowest BCUT2D eigenvalue weighted by atomic mass is 10.1. The monoisotopic (exact) mass is 223 g/mol. The van der Waals surface area contributed by atoms with Gasteiger partial charge in [-0.2, -0.15) is 0 Å².